The van der Waals surface area contributed by atoms with Gasteiger partial charge in [0, 0.05) is 6.07 Å². The molecule has 20 heavy (non-hydrogen) atoms. The lowest BCUT2D eigenvalue weighted by Gasteiger charge is -2.12. The fourth-order valence-electron chi connectivity index (χ4n) is 1.65. The van der Waals surface area contributed by atoms with E-state index in [0.717, 1.165) is 17.0 Å². The van der Waals surface area contributed by atoms with Crippen LogP contribution in [0.15, 0.2) is 40.0 Å². The lowest BCUT2D eigenvalue weighted by atomic mass is 10.2. The Balaban J connectivity index is 2.09. The van der Waals surface area contributed by atoms with Crippen LogP contribution in [-0.4, -0.2) is 20.2 Å². The number of benzene rings is 1. The number of thiophene rings is 1. The smallest absolute Gasteiger partial charge is 0.193 e. The zero-order chi connectivity index (χ0) is 14.4. The molecular formula is C14H17N3O2S. The molecule has 0 unspecified atom stereocenters. The minimum Gasteiger partial charge on any atom is -0.497 e. The van der Waals surface area contributed by atoms with Gasteiger partial charge in [0.25, 0.3) is 0 Å². The van der Waals surface area contributed by atoms with E-state index < -0.39 is 0 Å². The van der Waals surface area contributed by atoms with Gasteiger partial charge in [0.15, 0.2) is 5.96 Å². The van der Waals surface area contributed by atoms with E-state index in [1.165, 1.54) is 0 Å². The molecule has 0 fully saturated rings. The number of nitrogens with two attached hydrogens (primary N) is 1. The fraction of sp³-hybridized carbons (Fsp3) is 0.214. The molecule has 1 heterocycles. The van der Waals surface area contributed by atoms with E-state index in [1.807, 2.05) is 35.0 Å². The van der Waals surface area contributed by atoms with Gasteiger partial charge in [-0.3, -0.25) is 0 Å². The van der Waals surface area contributed by atoms with Crippen molar-refractivity contribution in [3.63, 3.8) is 0 Å². The molecule has 1 aromatic carbocycles. The van der Waals surface area contributed by atoms with Gasteiger partial charge < -0.3 is 20.5 Å². The molecule has 0 spiro atoms. The van der Waals surface area contributed by atoms with Crippen LogP contribution in [0.4, 0.5) is 5.69 Å². The van der Waals surface area contributed by atoms with Crippen LogP contribution in [0.2, 0.25) is 0 Å². The Morgan fingerprint density at radius 2 is 2.15 bits per heavy atom. The Morgan fingerprint density at radius 3 is 2.80 bits per heavy atom. The Morgan fingerprint density at radius 1 is 1.30 bits per heavy atom. The van der Waals surface area contributed by atoms with Crippen LogP contribution in [0.25, 0.3) is 0 Å². The van der Waals surface area contributed by atoms with Crippen LogP contribution in [0.3, 0.4) is 0 Å². The first kappa shape index (κ1) is 14.2. The first-order valence-electron chi connectivity index (χ1n) is 6.03. The summed E-state index contributed by atoms with van der Waals surface area (Å²) in [5.74, 6) is 1.74. The Bertz CT molecular complexity index is 582. The van der Waals surface area contributed by atoms with Gasteiger partial charge >= 0.3 is 0 Å². The predicted octanol–water partition coefficient (Wildman–Crippen LogP) is 2.69. The van der Waals surface area contributed by atoms with Crippen LogP contribution in [0.5, 0.6) is 11.5 Å². The summed E-state index contributed by atoms with van der Waals surface area (Å²) in [6, 6.07) is 7.47. The number of rotatable bonds is 5. The highest BCUT2D eigenvalue weighted by Crippen LogP contribution is 2.28. The number of methoxy groups -OCH3 is 2. The molecule has 6 heteroatoms. The number of hydrogen-bond acceptors (Lipinski definition) is 4. The van der Waals surface area contributed by atoms with Gasteiger partial charge in [-0.25, -0.2) is 4.99 Å². The van der Waals surface area contributed by atoms with E-state index in [2.05, 4.69) is 10.3 Å². The van der Waals surface area contributed by atoms with Gasteiger partial charge in [0.2, 0.25) is 0 Å². The highest BCUT2D eigenvalue weighted by molar-refractivity contribution is 7.07. The summed E-state index contributed by atoms with van der Waals surface area (Å²) in [6.45, 7) is 0.550. The number of hydrogen-bond donors (Lipinski definition) is 2. The Hall–Kier alpha value is -2.21. The highest BCUT2D eigenvalue weighted by atomic mass is 32.1. The largest absolute Gasteiger partial charge is 0.497 e. The molecule has 0 saturated heterocycles. The third-order valence-corrected chi connectivity index (χ3v) is 3.41. The van der Waals surface area contributed by atoms with Crippen molar-refractivity contribution in [3.8, 4) is 11.5 Å². The van der Waals surface area contributed by atoms with Crippen LogP contribution in [-0.2, 0) is 6.54 Å². The molecule has 1 aromatic heterocycles. The molecule has 0 bridgehead atoms. The Labute approximate surface area is 122 Å². The zero-order valence-electron chi connectivity index (χ0n) is 11.4. The van der Waals surface area contributed by atoms with Gasteiger partial charge in [-0.2, -0.15) is 11.3 Å². The predicted molar refractivity (Wildman–Crippen MR) is 82.8 cm³/mol. The van der Waals surface area contributed by atoms with Crippen molar-refractivity contribution < 1.29 is 9.47 Å². The topological polar surface area (TPSA) is 68.9 Å². The normalized spacial score (nSPS) is 11.2. The second kappa shape index (κ2) is 6.81. The SMILES string of the molecule is COc1ccc(OC)c(NC(N)=NCc2ccsc2)c1. The molecule has 0 atom stereocenters. The molecule has 0 aliphatic carbocycles. The second-order valence-electron chi connectivity index (χ2n) is 4.02. The minimum absolute atomic E-state index is 0.336. The quantitative estimate of drug-likeness (QED) is 0.656. The maximum absolute atomic E-state index is 5.88. The third-order valence-electron chi connectivity index (χ3n) is 2.68. The molecule has 0 saturated carbocycles. The molecule has 3 N–H and O–H groups in total. The number of nitrogens with zero attached hydrogens (tertiary/aromatic N) is 1. The molecule has 0 aliphatic heterocycles. The summed E-state index contributed by atoms with van der Waals surface area (Å²) in [6.07, 6.45) is 0. The molecule has 2 aromatic rings. The highest BCUT2D eigenvalue weighted by Gasteiger charge is 2.06. The molecule has 2 rings (SSSR count). The number of guanidine groups is 1. The van der Waals surface area contributed by atoms with Gasteiger partial charge in [0.1, 0.15) is 11.5 Å². The van der Waals surface area contributed by atoms with Crippen molar-refractivity contribution >= 4 is 23.0 Å². The average Bonchev–Trinajstić information content (AvgIpc) is 2.98. The lowest BCUT2D eigenvalue weighted by molar-refractivity contribution is 0.405. The lowest BCUT2D eigenvalue weighted by Crippen LogP contribution is -2.23. The number of aliphatic imine (C=N–C) groups is 1. The van der Waals surface area contributed by atoms with Crippen molar-refractivity contribution in [1.82, 2.24) is 0 Å². The molecule has 106 valence electrons. The van der Waals surface area contributed by atoms with Crippen LogP contribution in [0.1, 0.15) is 5.56 Å². The van der Waals surface area contributed by atoms with Crippen molar-refractivity contribution in [2.24, 2.45) is 10.7 Å². The molecule has 0 radical (unpaired) electrons. The van der Waals surface area contributed by atoms with E-state index in [-0.39, 0.29) is 0 Å². The van der Waals surface area contributed by atoms with Crippen molar-refractivity contribution in [1.29, 1.82) is 0 Å². The summed E-state index contributed by atoms with van der Waals surface area (Å²) >= 11 is 1.64. The maximum Gasteiger partial charge on any atom is 0.193 e. The van der Waals surface area contributed by atoms with E-state index in [4.69, 9.17) is 15.2 Å². The first-order chi connectivity index (χ1) is 9.72. The standard InChI is InChI=1S/C14H17N3O2S/c1-18-11-3-4-13(19-2)12(7-11)17-14(15)16-8-10-5-6-20-9-10/h3-7,9H,8H2,1-2H3,(H3,15,16,17). The van der Waals surface area contributed by atoms with Crippen molar-refractivity contribution in [2.75, 3.05) is 19.5 Å². The fourth-order valence-corrected chi connectivity index (χ4v) is 2.31. The van der Waals surface area contributed by atoms with Gasteiger partial charge in [-0.1, -0.05) is 0 Å². The summed E-state index contributed by atoms with van der Waals surface area (Å²) in [5, 5.41) is 7.08. The van der Waals surface area contributed by atoms with E-state index in [0.29, 0.717) is 18.3 Å². The van der Waals surface area contributed by atoms with E-state index in [9.17, 15) is 0 Å². The summed E-state index contributed by atoms with van der Waals surface area (Å²) < 4.78 is 10.4. The number of nitrogens with one attached hydrogen (secondary N) is 1. The van der Waals surface area contributed by atoms with Crippen molar-refractivity contribution in [2.45, 2.75) is 6.54 Å². The number of anilines is 1. The van der Waals surface area contributed by atoms with E-state index >= 15 is 0 Å². The first-order valence-corrected chi connectivity index (χ1v) is 6.97. The molecular weight excluding hydrogens is 274 g/mol. The van der Waals surface area contributed by atoms with Crippen LogP contribution >= 0.6 is 11.3 Å². The zero-order valence-corrected chi connectivity index (χ0v) is 12.2. The van der Waals surface area contributed by atoms with Crippen LogP contribution in [0, 0.1) is 0 Å². The van der Waals surface area contributed by atoms with Gasteiger partial charge in [0.05, 0.1) is 26.5 Å². The molecule has 0 amide bonds. The van der Waals surface area contributed by atoms with Gasteiger partial charge in [-0.05, 0) is 34.5 Å². The second-order valence-corrected chi connectivity index (χ2v) is 4.80. The maximum atomic E-state index is 5.88. The van der Waals surface area contributed by atoms with Gasteiger partial charge in [-0.15, -0.1) is 0 Å². The van der Waals surface area contributed by atoms with Crippen molar-refractivity contribution in [3.05, 3.63) is 40.6 Å². The van der Waals surface area contributed by atoms with Crippen LogP contribution < -0.4 is 20.5 Å². The summed E-state index contributed by atoms with van der Waals surface area (Å²) in [4.78, 5) is 4.29. The monoisotopic (exact) mass is 291 g/mol. The Kier molecular flexibility index (Phi) is 4.84. The molecule has 5 nitrogen and oxygen atoms in total. The number of ether oxygens (including phenoxy) is 2. The summed E-state index contributed by atoms with van der Waals surface area (Å²) in [7, 11) is 3.21. The minimum atomic E-state index is 0.336. The van der Waals surface area contributed by atoms with E-state index in [1.54, 1.807) is 25.6 Å². The molecule has 0 aliphatic rings. The third kappa shape index (κ3) is 3.64. The summed E-state index contributed by atoms with van der Waals surface area (Å²) in [5.41, 5.74) is 7.74. The average molecular weight is 291 g/mol.